The highest BCUT2D eigenvalue weighted by Crippen LogP contribution is 2.31. The van der Waals surface area contributed by atoms with Gasteiger partial charge in [-0.2, -0.15) is 4.31 Å². The van der Waals surface area contributed by atoms with E-state index in [1.807, 2.05) is 0 Å². The molecule has 140 valence electrons. The van der Waals surface area contributed by atoms with Crippen LogP contribution < -0.4 is 5.32 Å². The second-order valence-corrected chi connectivity index (χ2v) is 8.90. The van der Waals surface area contributed by atoms with Gasteiger partial charge in [-0.05, 0) is 31.0 Å². The molecule has 4 rings (SSSR count). The van der Waals surface area contributed by atoms with Crippen LogP contribution in [0.15, 0.2) is 23.1 Å². The average Bonchev–Trinajstić information content (AvgIpc) is 3.08. The first-order valence-corrected chi connectivity index (χ1v) is 10.4. The van der Waals surface area contributed by atoms with Crippen LogP contribution in [-0.2, 0) is 23.1 Å². The lowest BCUT2D eigenvalue weighted by Gasteiger charge is -2.31. The first-order valence-electron chi connectivity index (χ1n) is 8.54. The van der Waals surface area contributed by atoms with Crippen molar-refractivity contribution in [2.24, 2.45) is 0 Å². The molecule has 10 heteroatoms. The van der Waals surface area contributed by atoms with E-state index in [1.54, 1.807) is 0 Å². The molecular formula is C16H19ClFN5O2S. The maximum Gasteiger partial charge on any atom is 0.246 e. The maximum absolute atomic E-state index is 14.0. The highest BCUT2D eigenvalue weighted by Gasteiger charge is 2.34. The first kappa shape index (κ1) is 17.8. The lowest BCUT2D eigenvalue weighted by molar-refractivity contribution is 0.306. The fraction of sp³-hybridized carbons (Fsp3) is 0.500. The summed E-state index contributed by atoms with van der Waals surface area (Å²) in [4.78, 5) is -0.366. The maximum atomic E-state index is 14.0. The molecule has 0 radical (unpaired) electrons. The second kappa shape index (κ2) is 6.88. The van der Waals surface area contributed by atoms with E-state index in [1.165, 1.54) is 16.4 Å². The summed E-state index contributed by atoms with van der Waals surface area (Å²) in [7, 11) is -3.90. The first-order chi connectivity index (χ1) is 12.5. The Labute approximate surface area is 156 Å². The smallest absolute Gasteiger partial charge is 0.246 e. The Morgan fingerprint density at radius 2 is 1.96 bits per heavy atom. The minimum Gasteiger partial charge on any atom is -0.312 e. The molecule has 26 heavy (non-hydrogen) atoms. The SMILES string of the molecule is O=S(=O)(c1cc(Cl)ccc1F)N1CCC(c2nnc3n2CCNC3)CC1. The topological polar surface area (TPSA) is 80.1 Å². The summed E-state index contributed by atoms with van der Waals surface area (Å²) in [6, 6.07) is 3.59. The number of hydrogen-bond acceptors (Lipinski definition) is 5. The number of aromatic nitrogens is 3. The van der Waals surface area contributed by atoms with Crippen LogP contribution in [-0.4, -0.2) is 47.1 Å². The third-order valence-electron chi connectivity index (χ3n) is 4.98. The van der Waals surface area contributed by atoms with Gasteiger partial charge in [-0.3, -0.25) is 0 Å². The van der Waals surface area contributed by atoms with Crippen LogP contribution in [0.1, 0.15) is 30.4 Å². The predicted molar refractivity (Wildman–Crippen MR) is 93.9 cm³/mol. The average molecular weight is 400 g/mol. The zero-order valence-corrected chi connectivity index (χ0v) is 15.6. The normalized spacial score (nSPS) is 19.5. The Morgan fingerprint density at radius 3 is 2.73 bits per heavy atom. The standard InChI is InChI=1S/C16H19ClFN5O2S/c17-12-1-2-13(18)14(9-12)26(24,25)22-6-3-11(4-7-22)16-21-20-15-10-19-5-8-23(15)16/h1-2,9,11,19H,3-8,10H2. The number of piperidine rings is 1. The van der Waals surface area contributed by atoms with Crippen molar-refractivity contribution in [2.45, 2.75) is 36.7 Å². The van der Waals surface area contributed by atoms with E-state index in [0.717, 1.165) is 30.8 Å². The van der Waals surface area contributed by atoms with Crippen LogP contribution in [0.2, 0.25) is 5.02 Å². The van der Waals surface area contributed by atoms with Crippen LogP contribution in [0.4, 0.5) is 4.39 Å². The summed E-state index contributed by atoms with van der Waals surface area (Å²) < 4.78 is 43.0. The molecule has 0 aliphatic carbocycles. The zero-order valence-electron chi connectivity index (χ0n) is 14.0. The van der Waals surface area contributed by atoms with E-state index in [0.29, 0.717) is 32.5 Å². The number of rotatable bonds is 3. The molecule has 2 aliphatic rings. The third kappa shape index (κ3) is 3.13. The Morgan fingerprint density at radius 1 is 1.19 bits per heavy atom. The molecule has 1 saturated heterocycles. The van der Waals surface area contributed by atoms with E-state index >= 15 is 0 Å². The van der Waals surface area contributed by atoms with Gasteiger partial charge in [0.2, 0.25) is 10.0 Å². The molecule has 1 fully saturated rings. The van der Waals surface area contributed by atoms with Gasteiger partial charge in [0.1, 0.15) is 22.4 Å². The molecule has 0 saturated carbocycles. The summed E-state index contributed by atoms with van der Waals surface area (Å²) in [5, 5.41) is 12.0. The molecule has 0 bridgehead atoms. The fourth-order valence-corrected chi connectivity index (χ4v) is 5.38. The fourth-order valence-electron chi connectivity index (χ4n) is 3.58. The van der Waals surface area contributed by atoms with Crippen molar-refractivity contribution in [2.75, 3.05) is 19.6 Å². The number of nitrogens with one attached hydrogen (secondary N) is 1. The third-order valence-corrected chi connectivity index (χ3v) is 7.13. The molecule has 1 aromatic carbocycles. The highest BCUT2D eigenvalue weighted by molar-refractivity contribution is 7.89. The number of nitrogens with zero attached hydrogens (tertiary/aromatic N) is 4. The van der Waals surface area contributed by atoms with Crippen molar-refractivity contribution in [3.05, 3.63) is 40.7 Å². The minimum atomic E-state index is -3.90. The number of sulfonamides is 1. The quantitative estimate of drug-likeness (QED) is 0.850. The van der Waals surface area contributed by atoms with Gasteiger partial charge in [0.25, 0.3) is 0 Å². The van der Waals surface area contributed by atoms with Crippen molar-refractivity contribution in [1.82, 2.24) is 24.4 Å². The van der Waals surface area contributed by atoms with E-state index in [4.69, 9.17) is 11.6 Å². The minimum absolute atomic E-state index is 0.157. The summed E-state index contributed by atoms with van der Waals surface area (Å²) >= 11 is 5.85. The van der Waals surface area contributed by atoms with E-state index in [-0.39, 0.29) is 15.8 Å². The van der Waals surface area contributed by atoms with E-state index < -0.39 is 15.8 Å². The summed E-state index contributed by atoms with van der Waals surface area (Å²) in [5.41, 5.74) is 0. The number of halogens is 2. The Kier molecular flexibility index (Phi) is 4.72. The van der Waals surface area contributed by atoms with Gasteiger partial charge in [0.15, 0.2) is 0 Å². The molecule has 1 N–H and O–H groups in total. The molecule has 0 unspecified atom stereocenters. The summed E-state index contributed by atoms with van der Waals surface area (Å²) in [5.74, 6) is 1.22. The molecule has 7 nitrogen and oxygen atoms in total. The van der Waals surface area contributed by atoms with Crippen molar-refractivity contribution in [3.8, 4) is 0 Å². The highest BCUT2D eigenvalue weighted by atomic mass is 35.5. The van der Waals surface area contributed by atoms with Gasteiger partial charge in [-0.25, -0.2) is 12.8 Å². The van der Waals surface area contributed by atoms with Crippen molar-refractivity contribution in [1.29, 1.82) is 0 Å². The molecule has 2 aromatic rings. The molecule has 0 amide bonds. The summed E-state index contributed by atoms with van der Waals surface area (Å²) in [6.45, 7) is 3.04. The van der Waals surface area contributed by atoms with E-state index in [2.05, 4.69) is 20.1 Å². The van der Waals surface area contributed by atoms with Gasteiger partial charge in [-0.15, -0.1) is 10.2 Å². The molecule has 0 spiro atoms. The largest absolute Gasteiger partial charge is 0.312 e. The van der Waals surface area contributed by atoms with Crippen molar-refractivity contribution in [3.63, 3.8) is 0 Å². The van der Waals surface area contributed by atoms with Crippen molar-refractivity contribution >= 4 is 21.6 Å². The van der Waals surface area contributed by atoms with Gasteiger partial charge < -0.3 is 9.88 Å². The molecule has 2 aliphatic heterocycles. The van der Waals surface area contributed by atoms with Crippen LogP contribution >= 0.6 is 11.6 Å². The lowest BCUT2D eigenvalue weighted by Crippen LogP contribution is -2.39. The van der Waals surface area contributed by atoms with Crippen LogP contribution in [0, 0.1) is 5.82 Å². The van der Waals surface area contributed by atoms with Crippen LogP contribution in [0.5, 0.6) is 0 Å². The van der Waals surface area contributed by atoms with E-state index in [9.17, 15) is 12.8 Å². The Hall–Kier alpha value is -1.55. The number of fused-ring (bicyclic) bond motifs is 1. The molecule has 1 aromatic heterocycles. The Balaban J connectivity index is 1.51. The predicted octanol–water partition coefficient (Wildman–Crippen LogP) is 1.74. The number of benzene rings is 1. The second-order valence-electron chi connectivity index (χ2n) is 6.56. The number of hydrogen-bond donors (Lipinski definition) is 1. The van der Waals surface area contributed by atoms with Gasteiger partial charge in [-0.1, -0.05) is 11.6 Å². The zero-order chi connectivity index (χ0) is 18.3. The van der Waals surface area contributed by atoms with Gasteiger partial charge in [0, 0.05) is 37.1 Å². The molecule has 3 heterocycles. The Bertz CT molecular complexity index is 925. The van der Waals surface area contributed by atoms with Crippen molar-refractivity contribution < 1.29 is 12.8 Å². The van der Waals surface area contributed by atoms with Gasteiger partial charge >= 0.3 is 0 Å². The monoisotopic (exact) mass is 399 g/mol. The van der Waals surface area contributed by atoms with Crippen LogP contribution in [0.25, 0.3) is 0 Å². The van der Waals surface area contributed by atoms with Gasteiger partial charge in [0.05, 0.1) is 6.54 Å². The lowest BCUT2D eigenvalue weighted by atomic mass is 9.97. The molecule has 0 atom stereocenters. The molecular weight excluding hydrogens is 381 g/mol. The summed E-state index contributed by atoms with van der Waals surface area (Å²) in [6.07, 6.45) is 1.26. The van der Waals surface area contributed by atoms with Crippen LogP contribution in [0.3, 0.4) is 0 Å².